The smallest absolute Gasteiger partial charge is 0.217 e. The van der Waals surface area contributed by atoms with E-state index in [0.29, 0.717) is 16.6 Å². The standard InChI is InChI=1S/C27H49N2O.CH4O4S/c1-5-6-7-8-9-10-11-12-13-14-15-16-17-18-19-20-27(30)24-21-22-26(25(28)23-24)29(2,3)4;1-5-6(2,3)4/h21-23H,5-20,28H2,1-4H3;1H3,(H,2,3,4)/q+1;/p-1. The van der Waals surface area contributed by atoms with Crippen molar-refractivity contribution in [3.8, 4) is 0 Å². The molecular weight excluding hydrogens is 476 g/mol. The van der Waals surface area contributed by atoms with Gasteiger partial charge in [-0.25, -0.2) is 8.42 Å². The lowest BCUT2D eigenvalue weighted by atomic mass is 10.0. The summed E-state index contributed by atoms with van der Waals surface area (Å²) in [4.78, 5) is 12.4. The highest BCUT2D eigenvalue weighted by molar-refractivity contribution is 7.80. The van der Waals surface area contributed by atoms with Crippen LogP contribution >= 0.6 is 0 Å². The third-order valence-electron chi connectivity index (χ3n) is 6.28. The van der Waals surface area contributed by atoms with Gasteiger partial charge in [-0.05, 0) is 18.6 Å². The molecule has 1 aromatic rings. The Hall–Kier alpha value is -1.48. The zero-order chi connectivity index (χ0) is 27.5. The number of unbranched alkanes of at least 4 members (excludes halogenated alkanes) is 14. The number of hydrogen-bond acceptors (Lipinski definition) is 6. The first-order valence-corrected chi connectivity index (χ1v) is 15.0. The Kier molecular flexibility index (Phi) is 18.8. The molecule has 210 valence electrons. The first-order valence-electron chi connectivity index (χ1n) is 13.7. The largest absolute Gasteiger partial charge is 0.726 e. The molecule has 2 N–H and O–H groups in total. The van der Waals surface area contributed by atoms with E-state index in [1.807, 2.05) is 18.2 Å². The van der Waals surface area contributed by atoms with Crippen molar-refractivity contribution in [1.82, 2.24) is 4.48 Å². The number of carbonyl (C=O) groups is 1. The molecule has 1 rings (SSSR count). The number of nitrogens with zero attached hydrogens (tertiary/aromatic N) is 1. The summed E-state index contributed by atoms with van der Waals surface area (Å²) in [6.45, 7) is 2.28. The first kappa shape index (κ1) is 34.5. The molecule has 1 aromatic carbocycles. The zero-order valence-corrected chi connectivity index (χ0v) is 24.3. The van der Waals surface area contributed by atoms with Crippen LogP contribution < -0.4 is 10.2 Å². The third kappa shape index (κ3) is 18.7. The fraction of sp³-hybridized carbons (Fsp3) is 0.750. The van der Waals surface area contributed by atoms with E-state index in [2.05, 4.69) is 32.2 Å². The Bertz CT molecular complexity index is 820. The Labute approximate surface area is 221 Å². The zero-order valence-electron chi connectivity index (χ0n) is 23.5. The number of quaternary nitrogens is 1. The van der Waals surface area contributed by atoms with E-state index in [4.69, 9.17) is 5.73 Å². The maximum absolute atomic E-state index is 12.4. The molecule has 0 amide bonds. The van der Waals surface area contributed by atoms with Crippen LogP contribution in [-0.2, 0) is 14.6 Å². The summed E-state index contributed by atoms with van der Waals surface area (Å²) in [6, 6.07) is 5.78. The van der Waals surface area contributed by atoms with E-state index in [1.165, 1.54) is 83.5 Å². The van der Waals surface area contributed by atoms with Crippen LogP contribution in [0.3, 0.4) is 0 Å². The molecule has 0 aliphatic carbocycles. The van der Waals surface area contributed by atoms with Crippen LogP contribution in [0.5, 0.6) is 0 Å². The highest BCUT2D eigenvalue weighted by Gasteiger charge is 2.17. The number of Topliss-reactive ketones (excluding diaryl/α,β-unsaturated/α-hetero) is 1. The van der Waals surface area contributed by atoms with E-state index in [-0.39, 0.29) is 5.78 Å². The van der Waals surface area contributed by atoms with Crippen molar-refractivity contribution in [1.29, 1.82) is 0 Å². The van der Waals surface area contributed by atoms with Gasteiger partial charge in [0.2, 0.25) is 10.4 Å². The molecule has 0 aromatic heterocycles. The molecule has 0 aliphatic heterocycles. The lowest BCUT2D eigenvalue weighted by Crippen LogP contribution is -2.35. The summed E-state index contributed by atoms with van der Waals surface area (Å²) in [5.41, 5.74) is 8.69. The predicted octanol–water partition coefficient (Wildman–Crippen LogP) is 7.00. The van der Waals surface area contributed by atoms with Gasteiger partial charge in [0.05, 0.1) is 33.9 Å². The minimum atomic E-state index is -4.41. The Morgan fingerprint density at radius 2 is 1.22 bits per heavy atom. The van der Waals surface area contributed by atoms with Crippen LogP contribution in [0.2, 0.25) is 0 Å². The molecule has 0 bridgehead atoms. The quantitative estimate of drug-likeness (QED) is 0.0517. The monoisotopic (exact) mass is 528 g/mol. The fourth-order valence-electron chi connectivity index (χ4n) is 4.14. The number of hydrogen-bond donors (Lipinski definition) is 1. The number of ketones is 1. The summed E-state index contributed by atoms with van der Waals surface area (Å²) in [5, 5.41) is 0. The molecule has 0 aliphatic rings. The van der Waals surface area contributed by atoms with Crippen molar-refractivity contribution in [2.75, 3.05) is 34.0 Å². The molecule has 0 radical (unpaired) electrons. The maximum atomic E-state index is 12.4. The van der Waals surface area contributed by atoms with Crippen molar-refractivity contribution < 1.29 is 21.9 Å². The highest BCUT2D eigenvalue weighted by Crippen LogP contribution is 2.27. The normalized spacial score (nSPS) is 11.7. The molecule has 36 heavy (non-hydrogen) atoms. The van der Waals surface area contributed by atoms with Gasteiger partial charge in [0.15, 0.2) is 11.5 Å². The number of nitrogens with two attached hydrogens (primary N) is 1. The van der Waals surface area contributed by atoms with Crippen LogP contribution in [0.4, 0.5) is 11.4 Å². The number of carbonyl (C=O) groups excluding carboxylic acids is 1. The number of benzene rings is 1. The summed E-state index contributed by atoms with van der Waals surface area (Å²) in [7, 11) is 2.65. The van der Waals surface area contributed by atoms with Gasteiger partial charge >= 0.3 is 0 Å². The Balaban J connectivity index is 0.00000181. The number of anilines is 1. The van der Waals surface area contributed by atoms with Gasteiger partial charge in [0, 0.05) is 18.1 Å². The van der Waals surface area contributed by atoms with E-state index in [0.717, 1.165) is 31.2 Å². The molecule has 0 spiro atoms. The van der Waals surface area contributed by atoms with Gasteiger partial charge in [0.1, 0.15) is 0 Å². The summed E-state index contributed by atoms with van der Waals surface area (Å²) in [5.74, 6) is 0.226. The lowest BCUT2D eigenvalue weighted by Gasteiger charge is -2.25. The highest BCUT2D eigenvalue weighted by atomic mass is 32.3. The molecule has 0 saturated heterocycles. The minimum absolute atomic E-state index is 0.226. The van der Waals surface area contributed by atoms with Gasteiger partial charge in [-0.3, -0.25) is 13.5 Å². The van der Waals surface area contributed by atoms with E-state index in [9.17, 15) is 17.8 Å². The van der Waals surface area contributed by atoms with Gasteiger partial charge < -0.3 is 10.3 Å². The summed E-state index contributed by atoms with van der Waals surface area (Å²) >= 11 is 0. The second-order valence-electron chi connectivity index (χ2n) is 10.5. The van der Waals surface area contributed by atoms with Crippen LogP contribution in [0.25, 0.3) is 0 Å². The molecule has 0 atom stereocenters. The van der Waals surface area contributed by atoms with E-state index >= 15 is 0 Å². The van der Waals surface area contributed by atoms with E-state index in [1.54, 1.807) is 0 Å². The van der Waals surface area contributed by atoms with Crippen molar-refractivity contribution in [3.05, 3.63) is 23.8 Å². The minimum Gasteiger partial charge on any atom is -0.726 e. The Morgan fingerprint density at radius 3 is 1.56 bits per heavy atom. The van der Waals surface area contributed by atoms with Gasteiger partial charge in [0.25, 0.3) is 0 Å². The average Bonchev–Trinajstić information content (AvgIpc) is 2.80. The van der Waals surface area contributed by atoms with Crippen molar-refractivity contribution in [2.24, 2.45) is 0 Å². The second-order valence-corrected chi connectivity index (χ2v) is 11.6. The van der Waals surface area contributed by atoms with E-state index < -0.39 is 10.4 Å². The third-order valence-corrected chi connectivity index (χ3v) is 6.69. The molecule has 0 saturated carbocycles. The maximum Gasteiger partial charge on any atom is 0.217 e. The summed E-state index contributed by atoms with van der Waals surface area (Å²) in [6.07, 6.45) is 20.8. The van der Waals surface area contributed by atoms with Crippen LogP contribution in [-0.4, -0.2) is 47.0 Å². The van der Waals surface area contributed by atoms with Gasteiger partial charge in [-0.2, -0.15) is 0 Å². The molecular formula is C28H52N2O5S. The predicted molar refractivity (Wildman–Crippen MR) is 151 cm³/mol. The lowest BCUT2D eigenvalue weighted by molar-refractivity contribution is 0.0979. The van der Waals surface area contributed by atoms with Gasteiger partial charge in [-0.1, -0.05) is 96.8 Å². The molecule has 7 nitrogen and oxygen atoms in total. The van der Waals surface area contributed by atoms with Gasteiger partial charge in [-0.15, -0.1) is 0 Å². The Morgan fingerprint density at radius 1 is 0.833 bits per heavy atom. The second kappa shape index (κ2) is 19.6. The average molecular weight is 529 g/mol. The molecule has 0 fully saturated rings. The molecule has 8 heteroatoms. The van der Waals surface area contributed by atoms with Crippen molar-refractivity contribution in [3.63, 3.8) is 0 Å². The fourth-order valence-corrected chi connectivity index (χ4v) is 4.14. The van der Waals surface area contributed by atoms with Crippen molar-refractivity contribution in [2.45, 2.75) is 110 Å². The molecule has 0 unspecified atom stereocenters. The summed E-state index contributed by atoms with van der Waals surface area (Å²) < 4.78 is 31.7. The van der Waals surface area contributed by atoms with Crippen molar-refractivity contribution >= 4 is 27.6 Å². The number of rotatable bonds is 19. The molecule has 0 heterocycles. The first-order chi connectivity index (χ1) is 16.9. The van der Waals surface area contributed by atoms with Crippen LogP contribution in [0.15, 0.2) is 18.2 Å². The van der Waals surface area contributed by atoms with Crippen LogP contribution in [0.1, 0.15) is 120 Å². The topological polar surface area (TPSA) is 110 Å². The van der Waals surface area contributed by atoms with Crippen LogP contribution in [0, 0.1) is 0 Å². The number of nitrogen functional groups attached to an aromatic ring is 1. The SMILES string of the molecule is CCCCCCCCCCCCCCCCCC(=O)c1ccc([N+](C)(C)C)c(N)c1.COS(=O)(=O)[O-].